The van der Waals surface area contributed by atoms with Crippen LogP contribution in [0.2, 0.25) is 0 Å². The third-order valence-electron chi connectivity index (χ3n) is 3.55. The van der Waals surface area contributed by atoms with E-state index in [4.69, 9.17) is 0 Å². The van der Waals surface area contributed by atoms with Crippen LogP contribution < -0.4 is 10.6 Å². The van der Waals surface area contributed by atoms with Gasteiger partial charge in [-0.05, 0) is 35.9 Å². The number of amides is 4. The average Bonchev–Trinajstić information content (AvgIpc) is 2.87. The molecule has 1 aliphatic heterocycles. The Kier molecular flexibility index (Phi) is 4.61. The van der Waals surface area contributed by atoms with Gasteiger partial charge in [-0.25, -0.2) is 4.79 Å². The zero-order valence-electron chi connectivity index (χ0n) is 12.6. The quantitative estimate of drug-likeness (QED) is 0.791. The molecule has 0 spiro atoms. The van der Waals surface area contributed by atoms with E-state index in [1.54, 1.807) is 42.5 Å². The van der Waals surface area contributed by atoms with Crippen LogP contribution in [-0.4, -0.2) is 29.3 Å². The maximum atomic E-state index is 12.3. The number of benzene rings is 2. The highest BCUT2D eigenvalue weighted by Gasteiger charge is 2.28. The van der Waals surface area contributed by atoms with E-state index in [2.05, 4.69) is 26.6 Å². The second kappa shape index (κ2) is 6.84. The Labute approximate surface area is 147 Å². The third kappa shape index (κ3) is 3.62. The number of nitrogens with zero attached hydrogens (tertiary/aromatic N) is 1. The Morgan fingerprint density at radius 3 is 2.67 bits per heavy atom. The smallest absolute Gasteiger partial charge is 0.324 e. The van der Waals surface area contributed by atoms with Crippen molar-refractivity contribution in [3.05, 3.63) is 64.1 Å². The SMILES string of the molecule is O=C(Nc1cccc(CN2C(=O)CNC2=O)c1)c1cccc(Br)c1. The maximum absolute atomic E-state index is 12.3. The molecule has 0 radical (unpaired) electrons. The molecule has 1 aliphatic rings. The highest BCUT2D eigenvalue weighted by molar-refractivity contribution is 9.10. The summed E-state index contributed by atoms with van der Waals surface area (Å²) in [6.45, 7) is 0.198. The van der Waals surface area contributed by atoms with E-state index in [1.807, 2.05) is 6.07 Å². The molecular weight excluding hydrogens is 374 g/mol. The van der Waals surface area contributed by atoms with E-state index in [9.17, 15) is 14.4 Å². The average molecular weight is 388 g/mol. The first kappa shape index (κ1) is 16.2. The molecule has 2 aromatic rings. The highest BCUT2D eigenvalue weighted by atomic mass is 79.9. The number of hydrogen-bond donors (Lipinski definition) is 2. The number of carbonyl (C=O) groups is 3. The minimum atomic E-state index is -0.399. The number of hydrogen-bond acceptors (Lipinski definition) is 3. The molecule has 2 aromatic carbocycles. The van der Waals surface area contributed by atoms with Crippen molar-refractivity contribution in [1.29, 1.82) is 0 Å². The molecule has 0 saturated carbocycles. The van der Waals surface area contributed by atoms with Crippen LogP contribution >= 0.6 is 15.9 Å². The molecule has 0 atom stereocenters. The number of nitrogens with one attached hydrogen (secondary N) is 2. The van der Waals surface area contributed by atoms with Gasteiger partial charge in [0.2, 0.25) is 5.91 Å². The van der Waals surface area contributed by atoms with Gasteiger partial charge in [-0.15, -0.1) is 0 Å². The first-order valence-electron chi connectivity index (χ1n) is 7.27. The van der Waals surface area contributed by atoms with Crippen molar-refractivity contribution < 1.29 is 14.4 Å². The third-order valence-corrected chi connectivity index (χ3v) is 4.04. The summed E-state index contributed by atoms with van der Waals surface area (Å²) >= 11 is 3.33. The van der Waals surface area contributed by atoms with Crippen LogP contribution in [0.1, 0.15) is 15.9 Å². The molecule has 1 saturated heterocycles. The number of halogens is 1. The van der Waals surface area contributed by atoms with Crippen LogP contribution in [0.3, 0.4) is 0 Å². The number of carbonyl (C=O) groups excluding carboxylic acids is 3. The second-order valence-electron chi connectivity index (χ2n) is 5.30. The van der Waals surface area contributed by atoms with Gasteiger partial charge in [0.1, 0.15) is 0 Å². The molecule has 1 fully saturated rings. The van der Waals surface area contributed by atoms with E-state index in [0.717, 1.165) is 14.9 Å². The topological polar surface area (TPSA) is 78.5 Å². The van der Waals surface area contributed by atoms with Gasteiger partial charge in [-0.3, -0.25) is 14.5 Å². The number of urea groups is 1. The molecule has 0 aliphatic carbocycles. The zero-order chi connectivity index (χ0) is 17.1. The lowest BCUT2D eigenvalue weighted by atomic mass is 10.1. The second-order valence-corrected chi connectivity index (χ2v) is 6.22. The molecular formula is C17H14BrN3O3. The summed E-state index contributed by atoms with van der Waals surface area (Å²) in [7, 11) is 0. The molecule has 0 unspecified atom stereocenters. The number of imide groups is 1. The van der Waals surface area contributed by atoms with Crippen LogP contribution in [0, 0.1) is 0 Å². The molecule has 1 heterocycles. The van der Waals surface area contributed by atoms with Crippen molar-refractivity contribution in [2.24, 2.45) is 0 Å². The van der Waals surface area contributed by atoms with Gasteiger partial charge < -0.3 is 10.6 Å². The van der Waals surface area contributed by atoms with Gasteiger partial charge in [-0.2, -0.15) is 0 Å². The van der Waals surface area contributed by atoms with E-state index in [1.165, 1.54) is 0 Å². The van der Waals surface area contributed by atoms with Gasteiger partial charge >= 0.3 is 6.03 Å². The van der Waals surface area contributed by atoms with Crippen LogP contribution in [0.25, 0.3) is 0 Å². The van der Waals surface area contributed by atoms with E-state index < -0.39 is 6.03 Å². The van der Waals surface area contributed by atoms with Crippen molar-refractivity contribution in [1.82, 2.24) is 10.2 Å². The van der Waals surface area contributed by atoms with Crippen molar-refractivity contribution in [3.63, 3.8) is 0 Å². The van der Waals surface area contributed by atoms with E-state index >= 15 is 0 Å². The van der Waals surface area contributed by atoms with Crippen molar-refractivity contribution >= 4 is 39.5 Å². The summed E-state index contributed by atoms with van der Waals surface area (Å²) in [5.74, 6) is -0.494. The summed E-state index contributed by atoms with van der Waals surface area (Å²) in [6.07, 6.45) is 0. The first-order valence-corrected chi connectivity index (χ1v) is 8.06. The predicted molar refractivity (Wildman–Crippen MR) is 92.5 cm³/mol. The lowest BCUT2D eigenvalue weighted by Gasteiger charge is -2.13. The molecule has 6 nitrogen and oxygen atoms in total. The number of rotatable bonds is 4. The molecule has 24 heavy (non-hydrogen) atoms. The molecule has 0 aromatic heterocycles. The van der Waals surface area contributed by atoms with Crippen molar-refractivity contribution in [3.8, 4) is 0 Å². The Morgan fingerprint density at radius 1 is 1.17 bits per heavy atom. The summed E-state index contributed by atoms with van der Waals surface area (Å²) in [5, 5.41) is 5.29. The maximum Gasteiger partial charge on any atom is 0.324 e. The molecule has 0 bridgehead atoms. The molecule has 3 rings (SSSR count). The summed E-state index contributed by atoms with van der Waals surface area (Å²) in [6, 6.07) is 13.7. The summed E-state index contributed by atoms with van der Waals surface area (Å²) in [4.78, 5) is 36.6. The van der Waals surface area contributed by atoms with Crippen LogP contribution in [0.4, 0.5) is 10.5 Å². The summed E-state index contributed by atoms with van der Waals surface area (Å²) < 4.78 is 0.822. The van der Waals surface area contributed by atoms with Crippen molar-refractivity contribution in [2.45, 2.75) is 6.54 Å². The van der Waals surface area contributed by atoms with E-state index in [0.29, 0.717) is 11.3 Å². The predicted octanol–water partition coefficient (Wildman–Crippen LogP) is 2.75. The van der Waals surface area contributed by atoms with E-state index in [-0.39, 0.29) is 24.9 Å². The fourth-order valence-corrected chi connectivity index (χ4v) is 2.78. The lowest BCUT2D eigenvalue weighted by Crippen LogP contribution is -2.30. The minimum absolute atomic E-state index is 0.0259. The standard InChI is InChI=1S/C17H14BrN3O3/c18-13-5-2-4-12(8-13)16(23)20-14-6-1-3-11(7-14)10-21-15(22)9-19-17(21)24/h1-8H,9-10H2,(H,19,24)(H,20,23). The summed E-state index contributed by atoms with van der Waals surface area (Å²) in [5.41, 5.74) is 1.89. The molecule has 7 heteroatoms. The van der Waals surface area contributed by atoms with Gasteiger partial charge in [0.15, 0.2) is 0 Å². The Bertz CT molecular complexity index is 806. The normalized spacial score (nSPS) is 13.8. The lowest BCUT2D eigenvalue weighted by molar-refractivity contribution is -0.125. The van der Waals surface area contributed by atoms with Gasteiger partial charge in [0.25, 0.3) is 5.91 Å². The van der Waals surface area contributed by atoms with Crippen molar-refractivity contribution in [2.75, 3.05) is 11.9 Å². The minimum Gasteiger partial charge on any atom is -0.329 e. The van der Waals surface area contributed by atoms with Gasteiger partial charge in [0.05, 0.1) is 13.1 Å². The fraction of sp³-hybridized carbons (Fsp3) is 0.118. The Hall–Kier alpha value is -2.67. The van der Waals surface area contributed by atoms with Gasteiger partial charge in [-0.1, -0.05) is 34.1 Å². The zero-order valence-corrected chi connectivity index (χ0v) is 14.2. The largest absolute Gasteiger partial charge is 0.329 e. The van der Waals surface area contributed by atoms with Gasteiger partial charge in [0, 0.05) is 15.7 Å². The Morgan fingerprint density at radius 2 is 1.96 bits per heavy atom. The molecule has 122 valence electrons. The number of anilines is 1. The van der Waals surface area contributed by atoms with Crippen LogP contribution in [-0.2, 0) is 11.3 Å². The monoisotopic (exact) mass is 387 g/mol. The first-order chi connectivity index (χ1) is 11.5. The van der Waals surface area contributed by atoms with Crippen LogP contribution in [0.15, 0.2) is 53.0 Å². The Balaban J connectivity index is 1.72. The highest BCUT2D eigenvalue weighted by Crippen LogP contribution is 2.17. The fourth-order valence-electron chi connectivity index (χ4n) is 2.38. The molecule has 4 amide bonds. The molecule has 2 N–H and O–H groups in total. The van der Waals surface area contributed by atoms with Crippen LogP contribution in [0.5, 0.6) is 0 Å².